The normalized spacial score (nSPS) is 17.4. The summed E-state index contributed by atoms with van der Waals surface area (Å²) in [6.45, 7) is 2.40. The van der Waals surface area contributed by atoms with Crippen molar-refractivity contribution in [1.29, 1.82) is 0 Å². The lowest BCUT2D eigenvalue weighted by atomic mass is 10.1. The number of carbonyl (C=O) groups excluding carboxylic acids is 1. The van der Waals surface area contributed by atoms with E-state index in [1.807, 2.05) is 25.1 Å². The lowest BCUT2D eigenvalue weighted by Gasteiger charge is -2.27. The number of carboxylic acids is 1. The number of fused-ring (bicyclic) bond motifs is 1. The Bertz CT molecular complexity index is 487. The molecular weight excluding hydrogens is 232 g/mol. The first-order chi connectivity index (χ1) is 8.56. The standard InChI is InChI=1S/C13H16N2O3/c1-3-14(2)13(18)15-10-7-5-4-6-9(10)8-11(15)12(16)17/h4-7,11H,3,8H2,1-2H3,(H,16,17)/t11-/m0/s1. The molecule has 1 aliphatic heterocycles. The van der Waals surface area contributed by atoms with Gasteiger partial charge >= 0.3 is 12.0 Å². The average molecular weight is 248 g/mol. The number of benzene rings is 1. The van der Waals surface area contributed by atoms with Crippen LogP contribution in [0.25, 0.3) is 0 Å². The van der Waals surface area contributed by atoms with Crippen molar-refractivity contribution in [1.82, 2.24) is 4.90 Å². The van der Waals surface area contributed by atoms with Crippen molar-refractivity contribution >= 4 is 17.7 Å². The number of hydrogen-bond acceptors (Lipinski definition) is 2. The van der Waals surface area contributed by atoms with Crippen molar-refractivity contribution in [2.45, 2.75) is 19.4 Å². The van der Waals surface area contributed by atoms with Crippen molar-refractivity contribution < 1.29 is 14.7 Å². The fourth-order valence-corrected chi connectivity index (χ4v) is 2.14. The van der Waals surface area contributed by atoms with Gasteiger partial charge in [0, 0.05) is 25.7 Å². The molecule has 0 radical (unpaired) electrons. The van der Waals surface area contributed by atoms with Crippen LogP contribution in [0, 0.1) is 0 Å². The fraction of sp³-hybridized carbons (Fsp3) is 0.385. The highest BCUT2D eigenvalue weighted by atomic mass is 16.4. The predicted octanol–water partition coefficient (Wildman–Crippen LogP) is 1.57. The minimum Gasteiger partial charge on any atom is -0.480 e. The molecule has 0 aromatic heterocycles. The Morgan fingerprint density at radius 2 is 2.11 bits per heavy atom. The maximum atomic E-state index is 12.2. The number of rotatable bonds is 2. The number of nitrogens with zero attached hydrogens (tertiary/aromatic N) is 2. The third kappa shape index (κ3) is 1.92. The Morgan fingerprint density at radius 1 is 1.44 bits per heavy atom. The molecule has 0 spiro atoms. The zero-order valence-corrected chi connectivity index (χ0v) is 10.5. The molecule has 1 aliphatic rings. The summed E-state index contributed by atoms with van der Waals surface area (Å²) in [4.78, 5) is 26.4. The van der Waals surface area contributed by atoms with Crippen molar-refractivity contribution in [2.75, 3.05) is 18.5 Å². The smallest absolute Gasteiger partial charge is 0.327 e. The molecule has 2 amide bonds. The van der Waals surface area contributed by atoms with Crippen LogP contribution >= 0.6 is 0 Å². The van der Waals surface area contributed by atoms with Crippen LogP contribution in [0.3, 0.4) is 0 Å². The summed E-state index contributed by atoms with van der Waals surface area (Å²) in [6, 6.07) is 6.26. The highest BCUT2D eigenvalue weighted by Crippen LogP contribution is 2.32. The fourth-order valence-electron chi connectivity index (χ4n) is 2.14. The van der Waals surface area contributed by atoms with E-state index in [0.717, 1.165) is 5.56 Å². The van der Waals surface area contributed by atoms with E-state index in [0.29, 0.717) is 18.7 Å². The lowest BCUT2D eigenvalue weighted by Crippen LogP contribution is -2.48. The summed E-state index contributed by atoms with van der Waals surface area (Å²) in [5.74, 6) is -0.968. The summed E-state index contributed by atoms with van der Waals surface area (Å²) >= 11 is 0. The number of urea groups is 1. The molecule has 0 unspecified atom stereocenters. The number of hydrogen-bond donors (Lipinski definition) is 1. The maximum Gasteiger partial charge on any atom is 0.327 e. The average Bonchev–Trinajstić information content (AvgIpc) is 2.76. The van der Waals surface area contributed by atoms with Gasteiger partial charge in [0.15, 0.2) is 0 Å². The third-order valence-corrected chi connectivity index (χ3v) is 3.27. The van der Waals surface area contributed by atoms with Gasteiger partial charge in [0.25, 0.3) is 0 Å². The van der Waals surface area contributed by atoms with Crippen LogP contribution in [-0.4, -0.2) is 41.6 Å². The molecule has 0 aliphatic carbocycles. The van der Waals surface area contributed by atoms with Gasteiger partial charge in [0.1, 0.15) is 6.04 Å². The zero-order valence-electron chi connectivity index (χ0n) is 10.5. The number of anilines is 1. The van der Waals surface area contributed by atoms with Gasteiger partial charge < -0.3 is 10.0 Å². The minimum atomic E-state index is -0.968. The Morgan fingerprint density at radius 3 is 2.72 bits per heavy atom. The molecule has 1 aromatic rings. The van der Waals surface area contributed by atoms with Crippen molar-refractivity contribution in [3.8, 4) is 0 Å². The molecule has 2 rings (SSSR count). The molecule has 0 bridgehead atoms. The van der Waals surface area contributed by atoms with E-state index in [9.17, 15) is 14.7 Å². The van der Waals surface area contributed by atoms with E-state index in [1.165, 1.54) is 9.80 Å². The molecule has 1 heterocycles. The SMILES string of the molecule is CCN(C)C(=O)N1c2ccccc2C[C@H]1C(=O)O. The Hall–Kier alpha value is -2.04. The second kappa shape index (κ2) is 4.68. The van der Waals surface area contributed by atoms with Gasteiger partial charge in [-0.1, -0.05) is 18.2 Å². The lowest BCUT2D eigenvalue weighted by molar-refractivity contribution is -0.138. The predicted molar refractivity (Wildman–Crippen MR) is 67.7 cm³/mol. The first-order valence-electron chi connectivity index (χ1n) is 5.91. The molecule has 5 heteroatoms. The molecule has 1 aromatic carbocycles. The van der Waals surface area contributed by atoms with E-state index in [2.05, 4.69) is 0 Å². The number of aliphatic carboxylic acids is 1. The molecule has 0 saturated heterocycles. The first kappa shape index (κ1) is 12.4. The molecule has 0 fully saturated rings. The molecule has 5 nitrogen and oxygen atoms in total. The molecule has 18 heavy (non-hydrogen) atoms. The third-order valence-electron chi connectivity index (χ3n) is 3.27. The second-order valence-corrected chi connectivity index (χ2v) is 4.35. The van der Waals surface area contributed by atoms with Gasteiger partial charge in [-0.05, 0) is 18.6 Å². The highest BCUT2D eigenvalue weighted by molar-refractivity contribution is 6.00. The van der Waals surface area contributed by atoms with Gasteiger partial charge in [0.2, 0.25) is 0 Å². The molecule has 0 saturated carbocycles. The first-order valence-corrected chi connectivity index (χ1v) is 5.91. The quantitative estimate of drug-likeness (QED) is 0.864. The molecular formula is C13H16N2O3. The topological polar surface area (TPSA) is 60.9 Å². The molecule has 1 N–H and O–H groups in total. The monoisotopic (exact) mass is 248 g/mol. The second-order valence-electron chi connectivity index (χ2n) is 4.35. The van der Waals surface area contributed by atoms with Crippen LogP contribution in [0.2, 0.25) is 0 Å². The Balaban J connectivity index is 2.40. The van der Waals surface area contributed by atoms with Crippen LogP contribution in [0.15, 0.2) is 24.3 Å². The van der Waals surface area contributed by atoms with Gasteiger partial charge in [-0.2, -0.15) is 0 Å². The number of carboxylic acid groups (broad SMARTS) is 1. The van der Waals surface area contributed by atoms with Gasteiger partial charge in [0.05, 0.1) is 0 Å². The van der Waals surface area contributed by atoms with Crippen LogP contribution in [-0.2, 0) is 11.2 Å². The van der Waals surface area contributed by atoms with Crippen molar-refractivity contribution in [2.24, 2.45) is 0 Å². The van der Waals surface area contributed by atoms with Gasteiger partial charge in [-0.15, -0.1) is 0 Å². The van der Waals surface area contributed by atoms with E-state index in [-0.39, 0.29) is 6.03 Å². The van der Waals surface area contributed by atoms with Crippen LogP contribution < -0.4 is 4.90 Å². The minimum absolute atomic E-state index is 0.269. The van der Waals surface area contributed by atoms with Crippen molar-refractivity contribution in [3.05, 3.63) is 29.8 Å². The molecule has 1 atom stereocenters. The van der Waals surface area contributed by atoms with Crippen LogP contribution in [0.5, 0.6) is 0 Å². The van der Waals surface area contributed by atoms with Gasteiger partial charge in [-0.25, -0.2) is 9.59 Å². The molecule has 96 valence electrons. The largest absolute Gasteiger partial charge is 0.480 e. The highest BCUT2D eigenvalue weighted by Gasteiger charge is 2.39. The van der Waals surface area contributed by atoms with Crippen molar-refractivity contribution in [3.63, 3.8) is 0 Å². The van der Waals surface area contributed by atoms with E-state index < -0.39 is 12.0 Å². The Kier molecular flexibility index (Phi) is 3.23. The van der Waals surface area contributed by atoms with E-state index in [1.54, 1.807) is 13.1 Å². The summed E-state index contributed by atoms with van der Waals surface area (Å²) in [7, 11) is 1.67. The number of amides is 2. The summed E-state index contributed by atoms with van der Waals surface area (Å²) in [5, 5.41) is 9.25. The number of carbonyl (C=O) groups is 2. The van der Waals surface area contributed by atoms with Crippen LogP contribution in [0.1, 0.15) is 12.5 Å². The zero-order chi connectivity index (χ0) is 13.3. The maximum absolute atomic E-state index is 12.2. The van der Waals surface area contributed by atoms with Gasteiger partial charge in [-0.3, -0.25) is 4.90 Å². The van der Waals surface area contributed by atoms with E-state index >= 15 is 0 Å². The van der Waals surface area contributed by atoms with Crippen LogP contribution in [0.4, 0.5) is 10.5 Å². The number of para-hydroxylation sites is 1. The Labute approximate surface area is 106 Å². The van der Waals surface area contributed by atoms with E-state index in [4.69, 9.17) is 0 Å². The summed E-state index contributed by atoms with van der Waals surface area (Å²) < 4.78 is 0. The summed E-state index contributed by atoms with van der Waals surface area (Å²) in [5.41, 5.74) is 1.61. The summed E-state index contributed by atoms with van der Waals surface area (Å²) in [6.07, 6.45) is 0.370.